The largest absolute Gasteiger partial charge is 0.488 e. The van der Waals surface area contributed by atoms with Crippen molar-refractivity contribution in [2.45, 2.75) is 52.7 Å². The van der Waals surface area contributed by atoms with Crippen molar-refractivity contribution in [1.82, 2.24) is 29.9 Å². The maximum absolute atomic E-state index is 12.5. The molecule has 0 aromatic carbocycles. The highest BCUT2D eigenvalue weighted by atomic mass is 16.5. The van der Waals surface area contributed by atoms with Gasteiger partial charge in [0.05, 0.1) is 22.9 Å². The molecule has 0 atom stereocenters. The summed E-state index contributed by atoms with van der Waals surface area (Å²) in [5.41, 5.74) is 2.00. The Morgan fingerprint density at radius 1 is 1.00 bits per heavy atom. The van der Waals surface area contributed by atoms with Gasteiger partial charge in [-0.25, -0.2) is 14.5 Å². The zero-order chi connectivity index (χ0) is 27.7. The summed E-state index contributed by atoms with van der Waals surface area (Å²) in [5.74, 6) is 1.05. The van der Waals surface area contributed by atoms with E-state index in [0.29, 0.717) is 23.1 Å². The third kappa shape index (κ3) is 7.02. The van der Waals surface area contributed by atoms with Crippen molar-refractivity contribution < 1.29 is 19.7 Å². The molecule has 0 unspecified atom stereocenters. The second kappa shape index (κ2) is 10.3. The Kier molecular flexibility index (Phi) is 7.34. The summed E-state index contributed by atoms with van der Waals surface area (Å²) in [5, 5.41) is 30.3. The average molecular weight is 520 g/mol. The Bertz CT molecular complexity index is 1470. The first kappa shape index (κ1) is 27.0. The maximum Gasteiger partial charge on any atom is 0.289 e. The number of aromatic nitrogens is 5. The van der Waals surface area contributed by atoms with Crippen LogP contribution in [0.15, 0.2) is 42.7 Å². The number of aryl methyl sites for hydroxylation is 2. The predicted molar refractivity (Wildman–Crippen MR) is 144 cm³/mol. The van der Waals surface area contributed by atoms with Gasteiger partial charge < -0.3 is 25.6 Å². The lowest BCUT2D eigenvalue weighted by molar-refractivity contribution is 0.0286. The summed E-state index contributed by atoms with van der Waals surface area (Å²) >= 11 is 0. The molecular formula is C27H33N7O4. The number of carbonyl (C=O) groups is 1. The Hall–Kier alpha value is -4.09. The monoisotopic (exact) mass is 519 g/mol. The predicted octanol–water partition coefficient (Wildman–Crippen LogP) is 3.20. The highest BCUT2D eigenvalue weighted by Crippen LogP contribution is 2.32. The molecule has 200 valence electrons. The zero-order valence-electron chi connectivity index (χ0n) is 22.4. The number of nitrogens with one attached hydrogen (secondary N) is 2. The van der Waals surface area contributed by atoms with Crippen LogP contribution in [0.5, 0.6) is 5.75 Å². The molecule has 0 fully saturated rings. The van der Waals surface area contributed by atoms with Gasteiger partial charge in [-0.05, 0) is 65.3 Å². The molecule has 4 heterocycles. The third-order valence-corrected chi connectivity index (χ3v) is 5.35. The number of aliphatic hydroxyl groups is 2. The fourth-order valence-corrected chi connectivity index (χ4v) is 3.61. The van der Waals surface area contributed by atoms with E-state index in [-0.39, 0.29) is 19.0 Å². The number of hydrogen-bond acceptors (Lipinski definition) is 9. The van der Waals surface area contributed by atoms with Gasteiger partial charge in [0.25, 0.3) is 5.91 Å². The molecule has 0 saturated heterocycles. The van der Waals surface area contributed by atoms with Crippen molar-refractivity contribution in [3.8, 4) is 16.9 Å². The van der Waals surface area contributed by atoms with E-state index >= 15 is 0 Å². The average Bonchev–Trinajstić information content (AvgIpc) is 3.21. The van der Waals surface area contributed by atoms with Crippen LogP contribution in [0.4, 0.5) is 11.6 Å². The SMILES string of the molecule is Cc1cc(-c2ccn3nc(Nc4cc(C)nc(C(=O)NCC(C)(C)O)n4)cc3c2)c(OCC(C)(C)O)cn1. The minimum absolute atomic E-state index is 0.00514. The minimum atomic E-state index is -1.05. The van der Waals surface area contributed by atoms with Gasteiger partial charge in [-0.15, -0.1) is 0 Å². The highest BCUT2D eigenvalue weighted by Gasteiger charge is 2.18. The molecule has 4 N–H and O–H groups in total. The fraction of sp³-hybridized carbons (Fsp3) is 0.370. The molecule has 0 aliphatic heterocycles. The lowest BCUT2D eigenvalue weighted by Gasteiger charge is -2.19. The molecule has 11 nitrogen and oxygen atoms in total. The summed E-state index contributed by atoms with van der Waals surface area (Å²) in [6.07, 6.45) is 3.50. The topological polar surface area (TPSA) is 147 Å². The van der Waals surface area contributed by atoms with Gasteiger partial charge in [0.2, 0.25) is 5.82 Å². The summed E-state index contributed by atoms with van der Waals surface area (Å²) in [4.78, 5) is 25.4. The van der Waals surface area contributed by atoms with E-state index in [1.165, 1.54) is 0 Å². The smallest absolute Gasteiger partial charge is 0.289 e. The second-order valence-electron chi connectivity index (χ2n) is 10.6. The van der Waals surface area contributed by atoms with E-state index in [4.69, 9.17) is 4.74 Å². The fourth-order valence-electron chi connectivity index (χ4n) is 3.61. The van der Waals surface area contributed by atoms with Gasteiger partial charge in [-0.3, -0.25) is 9.78 Å². The number of pyridine rings is 2. The second-order valence-corrected chi connectivity index (χ2v) is 10.6. The van der Waals surface area contributed by atoms with E-state index in [1.807, 2.05) is 37.4 Å². The number of hydrogen-bond donors (Lipinski definition) is 4. The highest BCUT2D eigenvalue weighted by molar-refractivity contribution is 5.91. The Morgan fingerprint density at radius 3 is 2.47 bits per heavy atom. The summed E-state index contributed by atoms with van der Waals surface area (Å²) < 4.78 is 7.60. The van der Waals surface area contributed by atoms with Crippen LogP contribution in [0, 0.1) is 13.8 Å². The molecule has 1 amide bonds. The molecule has 0 bridgehead atoms. The third-order valence-electron chi connectivity index (χ3n) is 5.35. The lowest BCUT2D eigenvalue weighted by Crippen LogP contribution is -2.38. The minimum Gasteiger partial charge on any atom is -0.488 e. The van der Waals surface area contributed by atoms with Crippen LogP contribution in [0.25, 0.3) is 16.6 Å². The summed E-state index contributed by atoms with van der Waals surface area (Å²) in [7, 11) is 0. The molecular weight excluding hydrogens is 486 g/mol. The van der Waals surface area contributed by atoms with Gasteiger partial charge in [0, 0.05) is 41.8 Å². The summed E-state index contributed by atoms with van der Waals surface area (Å²) in [6.45, 7) is 10.5. The van der Waals surface area contributed by atoms with Crippen molar-refractivity contribution in [1.29, 1.82) is 0 Å². The van der Waals surface area contributed by atoms with Crippen molar-refractivity contribution in [2.24, 2.45) is 0 Å². The van der Waals surface area contributed by atoms with Crippen LogP contribution in [-0.4, -0.2) is 65.0 Å². The van der Waals surface area contributed by atoms with Crippen LogP contribution in [-0.2, 0) is 0 Å². The van der Waals surface area contributed by atoms with Crippen LogP contribution in [0.1, 0.15) is 49.7 Å². The molecule has 4 aromatic rings. The molecule has 38 heavy (non-hydrogen) atoms. The molecule has 0 spiro atoms. The Balaban J connectivity index is 1.58. The normalized spacial score (nSPS) is 12.0. The first-order valence-electron chi connectivity index (χ1n) is 12.2. The molecule has 0 aliphatic rings. The van der Waals surface area contributed by atoms with Crippen LogP contribution < -0.4 is 15.4 Å². The first-order valence-corrected chi connectivity index (χ1v) is 12.2. The van der Waals surface area contributed by atoms with Crippen molar-refractivity contribution in [2.75, 3.05) is 18.5 Å². The van der Waals surface area contributed by atoms with Gasteiger partial charge in [0.15, 0.2) is 5.82 Å². The Labute approximate surface area is 220 Å². The lowest BCUT2D eigenvalue weighted by atomic mass is 10.1. The number of anilines is 2. The van der Waals surface area contributed by atoms with Crippen molar-refractivity contribution >= 4 is 23.1 Å². The van der Waals surface area contributed by atoms with E-state index in [2.05, 4.69) is 30.7 Å². The van der Waals surface area contributed by atoms with Gasteiger partial charge in [0.1, 0.15) is 18.2 Å². The van der Waals surface area contributed by atoms with Crippen molar-refractivity contribution in [3.05, 3.63) is 59.9 Å². The van der Waals surface area contributed by atoms with E-state index < -0.39 is 17.1 Å². The quantitative estimate of drug-likeness (QED) is 0.262. The van der Waals surface area contributed by atoms with Crippen molar-refractivity contribution in [3.63, 3.8) is 0 Å². The summed E-state index contributed by atoms with van der Waals surface area (Å²) in [6, 6.07) is 9.42. The molecule has 4 rings (SSSR count). The van der Waals surface area contributed by atoms with E-state index in [1.54, 1.807) is 51.4 Å². The van der Waals surface area contributed by atoms with E-state index in [0.717, 1.165) is 22.3 Å². The van der Waals surface area contributed by atoms with Gasteiger partial charge >= 0.3 is 0 Å². The number of nitrogens with zero attached hydrogens (tertiary/aromatic N) is 5. The molecule has 0 saturated carbocycles. The van der Waals surface area contributed by atoms with Crippen LogP contribution in [0.3, 0.4) is 0 Å². The maximum atomic E-state index is 12.5. The van der Waals surface area contributed by atoms with E-state index in [9.17, 15) is 15.0 Å². The standard InChI is InChI=1S/C27H33N7O4/c1-16-9-20(21(13-28-16)38-15-27(5,6)37)18-7-8-34-19(11-18)12-23(33-34)31-22-10-17(2)30-24(32-22)25(35)29-14-26(3,4)36/h7-13,36-37H,14-15H2,1-6H3,(H,29,35)(H,30,31,32,33). The number of ether oxygens (including phenoxy) is 1. The number of amides is 1. The number of carbonyl (C=O) groups excluding carboxylic acids is 1. The van der Waals surface area contributed by atoms with Crippen LogP contribution in [0.2, 0.25) is 0 Å². The van der Waals surface area contributed by atoms with Gasteiger partial charge in [-0.1, -0.05) is 0 Å². The zero-order valence-corrected chi connectivity index (χ0v) is 22.4. The van der Waals surface area contributed by atoms with Gasteiger partial charge in [-0.2, -0.15) is 5.10 Å². The Morgan fingerprint density at radius 2 is 1.76 bits per heavy atom. The number of fused-ring (bicyclic) bond motifs is 1. The number of rotatable bonds is 9. The first-order chi connectivity index (χ1) is 17.8. The molecule has 0 aliphatic carbocycles. The van der Waals surface area contributed by atoms with Crippen LogP contribution >= 0.6 is 0 Å². The molecule has 0 radical (unpaired) electrons. The molecule has 4 aromatic heterocycles. The molecule has 11 heteroatoms.